The molecule has 0 aromatic carbocycles. The number of carbonyl (C=O) groups is 2. The van der Waals surface area contributed by atoms with Crippen molar-refractivity contribution in [1.29, 1.82) is 0 Å². The molecule has 110 valence electrons. The Morgan fingerprint density at radius 2 is 1.84 bits per heavy atom. The number of carboxylic acids is 1. The van der Waals surface area contributed by atoms with Crippen LogP contribution in [0.2, 0.25) is 0 Å². The molecule has 0 spiro atoms. The second kappa shape index (κ2) is 6.37. The van der Waals surface area contributed by atoms with Crippen molar-refractivity contribution in [2.45, 2.75) is 33.6 Å². The van der Waals surface area contributed by atoms with Gasteiger partial charge >= 0.3 is 5.97 Å². The van der Waals surface area contributed by atoms with Crippen LogP contribution in [0, 0.1) is 17.3 Å². The predicted molar refractivity (Wildman–Crippen MR) is 71.8 cm³/mol. The van der Waals surface area contributed by atoms with Crippen molar-refractivity contribution in [3.63, 3.8) is 0 Å². The highest BCUT2D eigenvalue weighted by molar-refractivity contribution is 5.97. The molecular weight excluding hydrogens is 246 g/mol. The summed E-state index contributed by atoms with van der Waals surface area (Å²) in [5.41, 5.74) is -0.577. The lowest BCUT2D eigenvalue weighted by atomic mass is 9.79. The van der Waals surface area contributed by atoms with Gasteiger partial charge in [0.15, 0.2) is 0 Å². The number of aliphatic carboxylic acids is 1. The molecule has 1 aliphatic heterocycles. The first-order chi connectivity index (χ1) is 8.73. The molecule has 1 fully saturated rings. The van der Waals surface area contributed by atoms with E-state index in [0.29, 0.717) is 12.5 Å². The minimum Gasteiger partial charge on any atom is -0.481 e. The van der Waals surface area contributed by atoms with Crippen LogP contribution in [0.25, 0.3) is 0 Å². The van der Waals surface area contributed by atoms with E-state index in [1.54, 1.807) is 32.7 Å². The van der Waals surface area contributed by atoms with E-state index >= 15 is 0 Å². The maximum Gasteiger partial charge on any atom is 0.316 e. The van der Waals surface area contributed by atoms with E-state index in [2.05, 4.69) is 0 Å². The van der Waals surface area contributed by atoms with Gasteiger partial charge in [0, 0.05) is 26.8 Å². The van der Waals surface area contributed by atoms with E-state index in [1.807, 2.05) is 0 Å². The molecule has 1 saturated heterocycles. The van der Waals surface area contributed by atoms with Crippen LogP contribution in [0.4, 0.5) is 0 Å². The second-order valence-electron chi connectivity index (χ2n) is 6.41. The Morgan fingerprint density at radius 1 is 1.32 bits per heavy atom. The van der Waals surface area contributed by atoms with Crippen LogP contribution in [0.15, 0.2) is 0 Å². The fourth-order valence-corrected chi connectivity index (χ4v) is 2.47. The van der Waals surface area contributed by atoms with Crippen LogP contribution in [0.3, 0.4) is 0 Å². The number of carbonyl (C=O) groups excluding carboxylic acids is 1. The Labute approximate surface area is 114 Å². The minimum absolute atomic E-state index is 0.300. The van der Waals surface area contributed by atoms with E-state index in [9.17, 15) is 14.7 Å². The van der Waals surface area contributed by atoms with Crippen LogP contribution in [0.1, 0.15) is 33.6 Å². The highest BCUT2D eigenvalue weighted by atomic mass is 16.5. The van der Waals surface area contributed by atoms with Crippen molar-refractivity contribution in [3.8, 4) is 0 Å². The molecule has 1 unspecified atom stereocenters. The molecule has 1 aliphatic rings. The third-order valence-corrected chi connectivity index (χ3v) is 3.61. The molecule has 0 radical (unpaired) electrons. The molecule has 0 bridgehead atoms. The highest BCUT2D eigenvalue weighted by Crippen LogP contribution is 2.28. The highest BCUT2D eigenvalue weighted by Gasteiger charge is 2.39. The maximum atomic E-state index is 12.3. The molecule has 0 saturated carbocycles. The van der Waals surface area contributed by atoms with Crippen LogP contribution >= 0.6 is 0 Å². The summed E-state index contributed by atoms with van der Waals surface area (Å²) in [5, 5.41) is 9.27. The van der Waals surface area contributed by atoms with Gasteiger partial charge in [0.25, 0.3) is 0 Å². The molecule has 0 aromatic rings. The molecule has 1 heterocycles. The van der Waals surface area contributed by atoms with Crippen molar-refractivity contribution < 1.29 is 19.4 Å². The van der Waals surface area contributed by atoms with E-state index in [1.165, 1.54) is 0 Å². The van der Waals surface area contributed by atoms with Crippen LogP contribution in [0.5, 0.6) is 0 Å². The Balaban J connectivity index is 2.65. The van der Waals surface area contributed by atoms with Gasteiger partial charge in [0.1, 0.15) is 5.92 Å². The number of hydrogen-bond donors (Lipinski definition) is 1. The topological polar surface area (TPSA) is 66.8 Å². The second-order valence-corrected chi connectivity index (χ2v) is 6.41. The first kappa shape index (κ1) is 16.0. The lowest BCUT2D eigenvalue weighted by molar-refractivity contribution is -0.156. The number of carboxylic acid groups (broad SMARTS) is 1. The summed E-state index contributed by atoms with van der Waals surface area (Å²) in [5.74, 6) is -1.92. The fourth-order valence-electron chi connectivity index (χ4n) is 2.47. The summed E-state index contributed by atoms with van der Waals surface area (Å²) in [6.45, 7) is 7.43. The standard InChI is InChI=1S/C14H25NO4/c1-14(2,3)11(13(17)18)12(16)15(4)9-10-5-7-19-8-6-10/h10-11H,5-9H2,1-4H3,(H,17,18). The van der Waals surface area contributed by atoms with E-state index < -0.39 is 17.3 Å². The fraction of sp³-hybridized carbons (Fsp3) is 0.857. The molecule has 1 amide bonds. The zero-order chi connectivity index (χ0) is 14.6. The van der Waals surface area contributed by atoms with Gasteiger partial charge in [-0.3, -0.25) is 9.59 Å². The maximum absolute atomic E-state index is 12.3. The van der Waals surface area contributed by atoms with Crippen LogP contribution in [-0.4, -0.2) is 48.7 Å². The van der Waals surface area contributed by atoms with Gasteiger partial charge in [0.05, 0.1) is 0 Å². The number of amides is 1. The Kier molecular flexibility index (Phi) is 5.35. The Bertz CT molecular complexity index is 329. The number of rotatable bonds is 4. The molecule has 19 heavy (non-hydrogen) atoms. The Hall–Kier alpha value is -1.10. The summed E-state index contributed by atoms with van der Waals surface area (Å²) in [6.07, 6.45) is 1.87. The normalized spacial score (nSPS) is 18.9. The molecule has 5 heteroatoms. The van der Waals surface area contributed by atoms with E-state index in [-0.39, 0.29) is 5.91 Å². The van der Waals surface area contributed by atoms with Gasteiger partial charge in [-0.15, -0.1) is 0 Å². The quantitative estimate of drug-likeness (QED) is 0.789. The van der Waals surface area contributed by atoms with Crippen molar-refractivity contribution in [3.05, 3.63) is 0 Å². The Morgan fingerprint density at radius 3 is 2.26 bits per heavy atom. The summed E-state index contributed by atoms with van der Waals surface area (Å²) >= 11 is 0. The zero-order valence-corrected chi connectivity index (χ0v) is 12.3. The van der Waals surface area contributed by atoms with Gasteiger partial charge in [-0.25, -0.2) is 0 Å². The third kappa shape index (κ3) is 4.49. The van der Waals surface area contributed by atoms with Crippen molar-refractivity contribution >= 4 is 11.9 Å². The van der Waals surface area contributed by atoms with E-state index in [4.69, 9.17) is 4.74 Å². The molecule has 0 aromatic heterocycles. The average Bonchev–Trinajstić information content (AvgIpc) is 2.27. The zero-order valence-electron chi connectivity index (χ0n) is 12.3. The lowest BCUT2D eigenvalue weighted by Gasteiger charge is -2.32. The molecule has 5 nitrogen and oxygen atoms in total. The summed E-state index contributed by atoms with van der Waals surface area (Å²) in [6, 6.07) is 0. The van der Waals surface area contributed by atoms with Crippen molar-refractivity contribution in [2.75, 3.05) is 26.8 Å². The monoisotopic (exact) mass is 271 g/mol. The van der Waals surface area contributed by atoms with Crippen LogP contribution in [-0.2, 0) is 14.3 Å². The SMILES string of the molecule is CN(CC1CCOCC1)C(=O)C(C(=O)O)C(C)(C)C. The molecule has 0 aliphatic carbocycles. The molecular formula is C14H25NO4. The third-order valence-electron chi connectivity index (χ3n) is 3.61. The smallest absolute Gasteiger partial charge is 0.316 e. The van der Waals surface area contributed by atoms with Crippen molar-refractivity contribution in [2.24, 2.45) is 17.3 Å². The van der Waals surface area contributed by atoms with Gasteiger partial charge < -0.3 is 14.7 Å². The van der Waals surface area contributed by atoms with Crippen LogP contribution < -0.4 is 0 Å². The number of ether oxygens (including phenoxy) is 1. The van der Waals surface area contributed by atoms with Crippen molar-refractivity contribution in [1.82, 2.24) is 4.90 Å². The molecule has 1 rings (SSSR count). The first-order valence-corrected chi connectivity index (χ1v) is 6.79. The predicted octanol–water partition coefficient (Wildman–Crippen LogP) is 1.62. The summed E-state index contributed by atoms with van der Waals surface area (Å²) in [7, 11) is 1.69. The molecule has 1 atom stereocenters. The largest absolute Gasteiger partial charge is 0.481 e. The lowest BCUT2D eigenvalue weighted by Crippen LogP contribution is -2.45. The summed E-state index contributed by atoms with van der Waals surface area (Å²) in [4.78, 5) is 25.2. The minimum atomic E-state index is -1.05. The van der Waals surface area contributed by atoms with E-state index in [0.717, 1.165) is 26.1 Å². The van der Waals surface area contributed by atoms with Gasteiger partial charge in [-0.1, -0.05) is 20.8 Å². The average molecular weight is 271 g/mol. The van der Waals surface area contributed by atoms with Gasteiger partial charge in [-0.2, -0.15) is 0 Å². The molecule has 1 N–H and O–H groups in total. The van der Waals surface area contributed by atoms with Gasteiger partial charge in [-0.05, 0) is 24.2 Å². The number of hydrogen-bond acceptors (Lipinski definition) is 3. The number of nitrogens with zero attached hydrogens (tertiary/aromatic N) is 1. The van der Waals surface area contributed by atoms with Gasteiger partial charge in [0.2, 0.25) is 5.91 Å². The first-order valence-electron chi connectivity index (χ1n) is 6.79. The summed E-state index contributed by atoms with van der Waals surface area (Å²) < 4.78 is 5.28.